The van der Waals surface area contributed by atoms with Crippen LogP contribution in [0.3, 0.4) is 0 Å². The standard InChI is InChI=1S/C11H11BrFNO/c1-14-5-7(6-14)11(15)9-4-8(12)2-3-10(9)13/h2-4,7H,5-6H2,1H3. The zero-order valence-electron chi connectivity index (χ0n) is 8.34. The van der Waals surface area contributed by atoms with Crippen LogP contribution in [0.5, 0.6) is 0 Å². The lowest BCUT2D eigenvalue weighted by atomic mass is 9.91. The van der Waals surface area contributed by atoms with Crippen molar-refractivity contribution in [1.82, 2.24) is 4.90 Å². The van der Waals surface area contributed by atoms with E-state index in [0.29, 0.717) is 0 Å². The highest BCUT2D eigenvalue weighted by atomic mass is 79.9. The zero-order valence-corrected chi connectivity index (χ0v) is 9.92. The molecule has 0 aliphatic carbocycles. The molecule has 1 saturated heterocycles. The van der Waals surface area contributed by atoms with E-state index in [0.717, 1.165) is 17.6 Å². The summed E-state index contributed by atoms with van der Waals surface area (Å²) < 4.78 is 14.1. The summed E-state index contributed by atoms with van der Waals surface area (Å²) in [7, 11) is 1.95. The van der Waals surface area contributed by atoms with Gasteiger partial charge in [0.05, 0.1) is 5.56 Å². The summed E-state index contributed by atoms with van der Waals surface area (Å²) >= 11 is 3.24. The molecule has 0 atom stereocenters. The first-order chi connectivity index (χ1) is 7.08. The smallest absolute Gasteiger partial charge is 0.171 e. The van der Waals surface area contributed by atoms with Crippen molar-refractivity contribution in [1.29, 1.82) is 0 Å². The van der Waals surface area contributed by atoms with Crippen molar-refractivity contribution < 1.29 is 9.18 Å². The molecule has 1 aliphatic rings. The molecule has 4 heteroatoms. The number of carbonyl (C=O) groups is 1. The van der Waals surface area contributed by atoms with Gasteiger partial charge in [-0.15, -0.1) is 0 Å². The van der Waals surface area contributed by atoms with Gasteiger partial charge in [-0.25, -0.2) is 4.39 Å². The highest BCUT2D eigenvalue weighted by molar-refractivity contribution is 9.10. The summed E-state index contributed by atoms with van der Waals surface area (Å²) in [4.78, 5) is 13.9. The third-order valence-corrected chi connectivity index (χ3v) is 3.12. The van der Waals surface area contributed by atoms with E-state index in [9.17, 15) is 9.18 Å². The van der Waals surface area contributed by atoms with Crippen LogP contribution in [-0.4, -0.2) is 30.8 Å². The predicted octanol–water partition coefficient (Wildman–Crippen LogP) is 2.33. The third-order valence-electron chi connectivity index (χ3n) is 2.63. The molecule has 1 aromatic rings. The van der Waals surface area contributed by atoms with E-state index in [1.165, 1.54) is 6.07 Å². The van der Waals surface area contributed by atoms with E-state index in [4.69, 9.17) is 0 Å². The molecule has 0 bridgehead atoms. The number of rotatable bonds is 2. The largest absolute Gasteiger partial charge is 0.305 e. The van der Waals surface area contributed by atoms with Crippen molar-refractivity contribution >= 4 is 21.7 Å². The maximum atomic E-state index is 13.4. The quantitative estimate of drug-likeness (QED) is 0.770. The number of carbonyl (C=O) groups excluding carboxylic acids is 1. The Balaban J connectivity index is 2.22. The predicted molar refractivity (Wildman–Crippen MR) is 59.4 cm³/mol. The first-order valence-electron chi connectivity index (χ1n) is 4.75. The molecule has 0 N–H and O–H groups in total. The van der Waals surface area contributed by atoms with Gasteiger partial charge in [-0.05, 0) is 25.2 Å². The minimum Gasteiger partial charge on any atom is -0.305 e. The summed E-state index contributed by atoms with van der Waals surface area (Å²) in [5.41, 5.74) is 0.197. The highest BCUT2D eigenvalue weighted by Crippen LogP contribution is 2.23. The van der Waals surface area contributed by atoms with Crippen LogP contribution in [0.1, 0.15) is 10.4 Å². The van der Waals surface area contributed by atoms with Crippen LogP contribution in [0.25, 0.3) is 0 Å². The normalized spacial score (nSPS) is 17.5. The van der Waals surface area contributed by atoms with Gasteiger partial charge in [0.25, 0.3) is 0 Å². The van der Waals surface area contributed by atoms with Gasteiger partial charge in [-0.2, -0.15) is 0 Å². The van der Waals surface area contributed by atoms with E-state index in [2.05, 4.69) is 15.9 Å². The van der Waals surface area contributed by atoms with Crippen molar-refractivity contribution in [2.75, 3.05) is 20.1 Å². The fourth-order valence-corrected chi connectivity index (χ4v) is 2.13. The van der Waals surface area contributed by atoms with Gasteiger partial charge in [-0.1, -0.05) is 15.9 Å². The Morgan fingerprint density at radius 3 is 2.80 bits per heavy atom. The number of likely N-dealkylation sites (tertiary alicyclic amines) is 1. The Morgan fingerprint density at radius 1 is 1.53 bits per heavy atom. The summed E-state index contributed by atoms with van der Waals surface area (Å²) in [6, 6.07) is 4.47. The van der Waals surface area contributed by atoms with Crippen molar-refractivity contribution in [2.45, 2.75) is 0 Å². The Labute approximate surface area is 96.2 Å². The Hall–Kier alpha value is -0.740. The molecule has 0 spiro atoms. The van der Waals surface area contributed by atoms with E-state index >= 15 is 0 Å². The average molecular weight is 272 g/mol. The molecule has 0 aromatic heterocycles. The molecule has 15 heavy (non-hydrogen) atoms. The summed E-state index contributed by atoms with van der Waals surface area (Å²) in [5, 5.41) is 0. The minimum absolute atomic E-state index is 0.0428. The Kier molecular flexibility index (Phi) is 2.89. The number of benzene rings is 1. The number of hydrogen-bond acceptors (Lipinski definition) is 2. The molecule has 0 amide bonds. The molecule has 1 fully saturated rings. The number of halogens is 2. The molecule has 2 rings (SSSR count). The van der Waals surface area contributed by atoms with E-state index < -0.39 is 5.82 Å². The number of ketones is 1. The van der Waals surface area contributed by atoms with Crippen LogP contribution in [0.2, 0.25) is 0 Å². The van der Waals surface area contributed by atoms with Crippen LogP contribution < -0.4 is 0 Å². The second kappa shape index (κ2) is 4.02. The fraction of sp³-hybridized carbons (Fsp3) is 0.364. The summed E-state index contributed by atoms with van der Waals surface area (Å²) in [6.45, 7) is 1.45. The molecule has 0 saturated carbocycles. The molecule has 1 aliphatic heterocycles. The molecule has 0 unspecified atom stereocenters. The van der Waals surface area contributed by atoms with E-state index in [1.807, 2.05) is 11.9 Å². The molecular weight excluding hydrogens is 261 g/mol. The molecule has 1 aromatic carbocycles. The van der Waals surface area contributed by atoms with E-state index in [-0.39, 0.29) is 17.3 Å². The molecule has 0 radical (unpaired) electrons. The van der Waals surface area contributed by atoms with Crippen LogP contribution in [0.4, 0.5) is 4.39 Å². The van der Waals surface area contributed by atoms with Gasteiger partial charge in [-0.3, -0.25) is 4.79 Å². The summed E-state index contributed by atoms with van der Waals surface area (Å²) in [5.74, 6) is -0.566. The van der Waals surface area contributed by atoms with Gasteiger partial charge in [0, 0.05) is 23.5 Å². The Bertz CT molecular complexity index is 402. The third kappa shape index (κ3) is 2.11. The van der Waals surface area contributed by atoms with Crippen LogP contribution in [0, 0.1) is 11.7 Å². The Morgan fingerprint density at radius 2 is 2.20 bits per heavy atom. The molecule has 2 nitrogen and oxygen atoms in total. The second-order valence-electron chi connectivity index (χ2n) is 3.91. The van der Waals surface area contributed by atoms with Gasteiger partial charge in [0.15, 0.2) is 5.78 Å². The van der Waals surface area contributed by atoms with E-state index in [1.54, 1.807) is 12.1 Å². The van der Waals surface area contributed by atoms with Crippen LogP contribution in [-0.2, 0) is 0 Å². The number of Topliss-reactive ketones (excluding diaryl/α,β-unsaturated/α-hetero) is 1. The first-order valence-corrected chi connectivity index (χ1v) is 5.55. The monoisotopic (exact) mass is 271 g/mol. The summed E-state index contributed by atoms with van der Waals surface area (Å²) in [6.07, 6.45) is 0. The van der Waals surface area contributed by atoms with Crippen molar-refractivity contribution in [3.63, 3.8) is 0 Å². The molecule has 1 heterocycles. The second-order valence-corrected chi connectivity index (χ2v) is 4.82. The van der Waals surface area contributed by atoms with Gasteiger partial charge >= 0.3 is 0 Å². The van der Waals surface area contributed by atoms with Gasteiger partial charge in [0.1, 0.15) is 5.82 Å². The van der Waals surface area contributed by atoms with Crippen LogP contribution >= 0.6 is 15.9 Å². The zero-order chi connectivity index (χ0) is 11.0. The highest BCUT2D eigenvalue weighted by Gasteiger charge is 2.31. The lowest BCUT2D eigenvalue weighted by Gasteiger charge is -2.35. The SMILES string of the molecule is CN1CC(C(=O)c2cc(Br)ccc2F)C1. The lowest BCUT2D eigenvalue weighted by Crippen LogP contribution is -2.47. The van der Waals surface area contributed by atoms with Crippen LogP contribution in [0.15, 0.2) is 22.7 Å². The molecular formula is C11H11BrFNO. The van der Waals surface area contributed by atoms with Gasteiger partial charge in [0.2, 0.25) is 0 Å². The van der Waals surface area contributed by atoms with Crippen molar-refractivity contribution in [3.05, 3.63) is 34.1 Å². The number of nitrogens with zero attached hydrogens (tertiary/aromatic N) is 1. The molecule has 80 valence electrons. The minimum atomic E-state index is -0.433. The van der Waals surface area contributed by atoms with Crippen molar-refractivity contribution in [2.24, 2.45) is 5.92 Å². The number of hydrogen-bond donors (Lipinski definition) is 0. The fourth-order valence-electron chi connectivity index (χ4n) is 1.77. The maximum Gasteiger partial charge on any atom is 0.171 e. The first kappa shape index (κ1) is 10.8. The average Bonchev–Trinajstić information content (AvgIpc) is 2.16. The van der Waals surface area contributed by atoms with Crippen molar-refractivity contribution in [3.8, 4) is 0 Å². The van der Waals surface area contributed by atoms with Gasteiger partial charge < -0.3 is 4.90 Å². The maximum absolute atomic E-state index is 13.4. The topological polar surface area (TPSA) is 20.3 Å². The lowest BCUT2D eigenvalue weighted by molar-refractivity contribution is 0.0698.